The summed E-state index contributed by atoms with van der Waals surface area (Å²) in [6.07, 6.45) is 0.460. The van der Waals surface area contributed by atoms with Gasteiger partial charge in [-0.15, -0.1) is 0 Å². The molecule has 0 atom stereocenters. The van der Waals surface area contributed by atoms with Crippen LogP contribution >= 0.6 is 0 Å². The Kier molecular flexibility index (Phi) is 4.55. The summed E-state index contributed by atoms with van der Waals surface area (Å²) in [5.74, 6) is 0.139. The van der Waals surface area contributed by atoms with Crippen LogP contribution in [0.15, 0.2) is 0 Å². The van der Waals surface area contributed by atoms with Crippen molar-refractivity contribution in [3.05, 3.63) is 0 Å². The van der Waals surface area contributed by atoms with Crippen molar-refractivity contribution < 1.29 is 9.59 Å². The van der Waals surface area contributed by atoms with Gasteiger partial charge in [0.1, 0.15) is 0 Å². The maximum Gasteiger partial charge on any atom is 0.222 e. The van der Waals surface area contributed by atoms with E-state index in [1.807, 2.05) is 13.8 Å². The van der Waals surface area contributed by atoms with Crippen LogP contribution in [0.1, 0.15) is 27.2 Å². The zero-order valence-corrected chi connectivity index (χ0v) is 8.26. The minimum absolute atomic E-state index is 0.0112. The van der Waals surface area contributed by atoms with Crippen LogP contribution in [-0.4, -0.2) is 30.2 Å². The fraction of sp³-hybridized carbons (Fsp3) is 0.778. The number of carbonyl (C=O) groups is 2. The van der Waals surface area contributed by atoms with E-state index < -0.39 is 0 Å². The van der Waals surface area contributed by atoms with Crippen LogP contribution in [-0.2, 0) is 9.59 Å². The third-order valence-electron chi connectivity index (χ3n) is 1.77. The number of hydrogen-bond donors (Lipinski definition) is 0. The van der Waals surface area contributed by atoms with Gasteiger partial charge in [0.25, 0.3) is 0 Å². The Labute approximate surface area is 73.7 Å². The van der Waals surface area contributed by atoms with Gasteiger partial charge in [0.2, 0.25) is 5.91 Å². The van der Waals surface area contributed by atoms with Gasteiger partial charge in [-0.3, -0.25) is 9.59 Å². The smallest absolute Gasteiger partial charge is 0.222 e. The summed E-state index contributed by atoms with van der Waals surface area (Å²) in [6, 6.07) is 0. The van der Waals surface area contributed by atoms with Crippen LogP contribution in [0.3, 0.4) is 0 Å². The first-order valence-corrected chi connectivity index (χ1v) is 4.25. The molecule has 70 valence electrons. The van der Waals surface area contributed by atoms with E-state index in [4.69, 9.17) is 0 Å². The first kappa shape index (κ1) is 11.1. The predicted molar refractivity (Wildman–Crippen MR) is 47.8 cm³/mol. The molecule has 0 aliphatic carbocycles. The van der Waals surface area contributed by atoms with Crippen LogP contribution in [0.25, 0.3) is 0 Å². The van der Waals surface area contributed by atoms with E-state index in [1.54, 1.807) is 14.0 Å². The van der Waals surface area contributed by atoms with Gasteiger partial charge in [0.15, 0.2) is 5.78 Å². The zero-order chi connectivity index (χ0) is 9.72. The van der Waals surface area contributed by atoms with Crippen LogP contribution in [0, 0.1) is 5.92 Å². The molecule has 0 saturated carbocycles. The van der Waals surface area contributed by atoms with Gasteiger partial charge in [0, 0.05) is 19.4 Å². The highest BCUT2D eigenvalue weighted by atomic mass is 16.2. The second-order valence-corrected chi connectivity index (χ2v) is 3.22. The Morgan fingerprint density at radius 3 is 2.17 bits per heavy atom. The summed E-state index contributed by atoms with van der Waals surface area (Å²) in [5.41, 5.74) is 0. The molecule has 1 amide bonds. The van der Waals surface area contributed by atoms with Gasteiger partial charge < -0.3 is 4.90 Å². The summed E-state index contributed by atoms with van der Waals surface area (Å²) >= 11 is 0. The van der Waals surface area contributed by atoms with E-state index >= 15 is 0 Å². The van der Waals surface area contributed by atoms with Crippen molar-refractivity contribution in [3.8, 4) is 0 Å². The second-order valence-electron chi connectivity index (χ2n) is 3.22. The van der Waals surface area contributed by atoms with Crippen LogP contribution < -0.4 is 0 Å². The average Bonchev–Trinajstić information content (AvgIpc) is 2.02. The van der Waals surface area contributed by atoms with E-state index in [-0.39, 0.29) is 24.2 Å². The molecule has 0 aromatic carbocycles. The number of hydrogen-bond acceptors (Lipinski definition) is 2. The topological polar surface area (TPSA) is 37.4 Å². The van der Waals surface area contributed by atoms with E-state index in [0.717, 1.165) is 0 Å². The minimum Gasteiger partial charge on any atom is -0.338 e. The first-order chi connectivity index (χ1) is 5.49. The van der Waals surface area contributed by atoms with Crippen molar-refractivity contribution in [2.45, 2.75) is 27.2 Å². The fourth-order valence-electron chi connectivity index (χ4n) is 0.774. The molecule has 12 heavy (non-hydrogen) atoms. The Morgan fingerprint density at radius 2 is 1.83 bits per heavy atom. The SMILES string of the molecule is CCC(=O)N(C)CC(=O)C(C)C. The lowest BCUT2D eigenvalue weighted by atomic mass is 10.1. The van der Waals surface area contributed by atoms with Crippen molar-refractivity contribution >= 4 is 11.7 Å². The molecule has 0 fully saturated rings. The molecular formula is C9H17NO2. The Bertz CT molecular complexity index is 175. The standard InChI is InChI=1S/C9H17NO2/c1-5-9(12)10(4)6-8(11)7(2)3/h7H,5-6H2,1-4H3. The normalized spacial score (nSPS) is 10.1. The Morgan fingerprint density at radius 1 is 1.33 bits per heavy atom. The van der Waals surface area contributed by atoms with Gasteiger partial charge in [-0.2, -0.15) is 0 Å². The third-order valence-corrected chi connectivity index (χ3v) is 1.77. The summed E-state index contributed by atoms with van der Waals surface area (Å²) in [7, 11) is 1.66. The molecule has 0 aliphatic heterocycles. The molecule has 0 bridgehead atoms. The maximum atomic E-state index is 11.2. The molecule has 0 heterocycles. The Hall–Kier alpha value is -0.860. The number of rotatable bonds is 4. The highest BCUT2D eigenvalue weighted by Crippen LogP contribution is 1.97. The molecule has 0 aromatic heterocycles. The molecule has 3 heteroatoms. The van der Waals surface area contributed by atoms with Gasteiger partial charge >= 0.3 is 0 Å². The summed E-state index contributed by atoms with van der Waals surface area (Å²) < 4.78 is 0. The molecule has 0 radical (unpaired) electrons. The quantitative estimate of drug-likeness (QED) is 0.634. The highest BCUT2D eigenvalue weighted by molar-refractivity contribution is 5.86. The van der Waals surface area contributed by atoms with Gasteiger partial charge in [-0.05, 0) is 0 Å². The van der Waals surface area contributed by atoms with Crippen molar-refractivity contribution in [2.24, 2.45) is 5.92 Å². The second kappa shape index (κ2) is 4.91. The highest BCUT2D eigenvalue weighted by Gasteiger charge is 2.13. The summed E-state index contributed by atoms with van der Waals surface area (Å²) in [4.78, 5) is 23.7. The largest absolute Gasteiger partial charge is 0.338 e. The van der Waals surface area contributed by atoms with Gasteiger partial charge in [0.05, 0.1) is 6.54 Å². The monoisotopic (exact) mass is 171 g/mol. The lowest BCUT2D eigenvalue weighted by Crippen LogP contribution is -2.33. The third kappa shape index (κ3) is 3.51. The summed E-state index contributed by atoms with van der Waals surface area (Å²) in [6.45, 7) is 5.71. The Balaban J connectivity index is 3.92. The first-order valence-electron chi connectivity index (χ1n) is 4.25. The zero-order valence-electron chi connectivity index (χ0n) is 8.26. The van der Waals surface area contributed by atoms with Crippen molar-refractivity contribution in [2.75, 3.05) is 13.6 Å². The van der Waals surface area contributed by atoms with Crippen molar-refractivity contribution in [1.29, 1.82) is 0 Å². The molecule has 0 N–H and O–H groups in total. The average molecular weight is 171 g/mol. The molecule has 0 aliphatic rings. The molecule has 0 saturated heterocycles. The van der Waals surface area contributed by atoms with E-state index in [2.05, 4.69) is 0 Å². The van der Waals surface area contributed by atoms with Crippen molar-refractivity contribution in [1.82, 2.24) is 4.90 Å². The lowest BCUT2D eigenvalue weighted by Gasteiger charge is -2.16. The number of carbonyl (C=O) groups excluding carboxylic acids is 2. The lowest BCUT2D eigenvalue weighted by molar-refractivity contribution is -0.134. The van der Waals surface area contributed by atoms with Gasteiger partial charge in [-0.1, -0.05) is 20.8 Å². The molecule has 0 spiro atoms. The number of ketones is 1. The molecule has 0 rings (SSSR count). The summed E-state index contributed by atoms with van der Waals surface area (Å²) in [5, 5.41) is 0. The number of likely N-dealkylation sites (N-methyl/N-ethyl adjacent to an activating group) is 1. The van der Waals surface area contributed by atoms with E-state index in [1.165, 1.54) is 4.90 Å². The molecule has 0 unspecified atom stereocenters. The maximum absolute atomic E-state index is 11.2. The number of Topliss-reactive ketones (excluding diaryl/α,β-unsaturated/α-hetero) is 1. The van der Waals surface area contributed by atoms with E-state index in [0.29, 0.717) is 6.42 Å². The predicted octanol–water partition coefficient (Wildman–Crippen LogP) is 1.08. The fourth-order valence-corrected chi connectivity index (χ4v) is 0.774. The van der Waals surface area contributed by atoms with Gasteiger partial charge in [-0.25, -0.2) is 0 Å². The van der Waals surface area contributed by atoms with Crippen molar-refractivity contribution in [3.63, 3.8) is 0 Å². The van der Waals surface area contributed by atoms with Crippen LogP contribution in [0.2, 0.25) is 0 Å². The number of amides is 1. The number of nitrogens with zero attached hydrogens (tertiary/aromatic N) is 1. The minimum atomic E-state index is 0.0112. The molecule has 3 nitrogen and oxygen atoms in total. The van der Waals surface area contributed by atoms with E-state index in [9.17, 15) is 9.59 Å². The molecule has 0 aromatic rings. The van der Waals surface area contributed by atoms with Crippen LogP contribution in [0.4, 0.5) is 0 Å². The molecular weight excluding hydrogens is 154 g/mol. The van der Waals surface area contributed by atoms with Crippen LogP contribution in [0.5, 0.6) is 0 Å².